The van der Waals surface area contributed by atoms with E-state index in [1.54, 1.807) is 0 Å². The summed E-state index contributed by atoms with van der Waals surface area (Å²) in [7, 11) is 0. The fraction of sp³-hybridized carbons (Fsp3) is 1.00. The summed E-state index contributed by atoms with van der Waals surface area (Å²) in [5, 5.41) is 0. The normalized spacial score (nSPS) is 34.2. The minimum atomic E-state index is 0.111. The molecule has 1 nitrogen and oxygen atoms in total. The molecule has 0 heterocycles. The third kappa shape index (κ3) is 3.21. The van der Waals surface area contributed by atoms with Gasteiger partial charge in [0.1, 0.15) is 0 Å². The van der Waals surface area contributed by atoms with Crippen molar-refractivity contribution in [2.75, 3.05) is 0 Å². The van der Waals surface area contributed by atoms with Gasteiger partial charge in [0.2, 0.25) is 0 Å². The molecule has 1 saturated carbocycles. The Morgan fingerprint density at radius 1 is 1.13 bits per heavy atom. The second kappa shape index (κ2) is 4.45. The molecule has 0 aromatic carbocycles. The van der Waals surface area contributed by atoms with Crippen LogP contribution in [0.3, 0.4) is 0 Å². The van der Waals surface area contributed by atoms with E-state index in [2.05, 4.69) is 34.6 Å². The third-order valence-corrected chi connectivity index (χ3v) is 4.53. The molecule has 1 aliphatic rings. The third-order valence-electron chi connectivity index (χ3n) is 4.53. The number of hydrogen-bond donors (Lipinski definition) is 1. The van der Waals surface area contributed by atoms with E-state index in [0.29, 0.717) is 11.3 Å². The van der Waals surface area contributed by atoms with Gasteiger partial charge in [-0.15, -0.1) is 0 Å². The summed E-state index contributed by atoms with van der Waals surface area (Å²) in [5.41, 5.74) is 7.08. The lowest BCUT2D eigenvalue weighted by Crippen LogP contribution is -2.44. The van der Waals surface area contributed by atoms with Gasteiger partial charge in [-0.1, -0.05) is 41.0 Å². The van der Waals surface area contributed by atoms with Crippen molar-refractivity contribution in [2.24, 2.45) is 23.0 Å². The maximum atomic E-state index is 6.51. The molecule has 0 bridgehead atoms. The van der Waals surface area contributed by atoms with Crippen LogP contribution in [0.1, 0.15) is 66.7 Å². The summed E-state index contributed by atoms with van der Waals surface area (Å²) in [4.78, 5) is 0. The lowest BCUT2D eigenvalue weighted by Gasteiger charge is -2.34. The first-order valence-corrected chi connectivity index (χ1v) is 6.54. The first kappa shape index (κ1) is 13.0. The lowest BCUT2D eigenvalue weighted by atomic mass is 9.75. The van der Waals surface area contributed by atoms with Crippen LogP contribution in [0.15, 0.2) is 0 Å². The van der Waals surface area contributed by atoms with Gasteiger partial charge in [-0.3, -0.25) is 0 Å². The molecule has 0 amide bonds. The van der Waals surface area contributed by atoms with E-state index < -0.39 is 0 Å². The predicted octanol–water partition coefficient (Wildman–Crippen LogP) is 3.97. The molecule has 1 rings (SSSR count). The van der Waals surface area contributed by atoms with Crippen molar-refractivity contribution >= 4 is 0 Å². The molecule has 90 valence electrons. The Bertz CT molecular complexity index is 202. The first-order valence-electron chi connectivity index (χ1n) is 6.54. The predicted molar refractivity (Wildman–Crippen MR) is 67.8 cm³/mol. The first-order chi connectivity index (χ1) is 6.76. The lowest BCUT2D eigenvalue weighted by molar-refractivity contribution is 0.204. The van der Waals surface area contributed by atoms with Gasteiger partial charge in [-0.25, -0.2) is 0 Å². The molecule has 0 radical (unpaired) electrons. The van der Waals surface area contributed by atoms with Crippen LogP contribution in [-0.4, -0.2) is 5.54 Å². The zero-order valence-corrected chi connectivity index (χ0v) is 11.3. The van der Waals surface area contributed by atoms with Crippen LogP contribution in [0, 0.1) is 17.3 Å². The van der Waals surface area contributed by atoms with Gasteiger partial charge in [0.05, 0.1) is 0 Å². The maximum Gasteiger partial charge on any atom is 0.0177 e. The summed E-state index contributed by atoms with van der Waals surface area (Å²) >= 11 is 0. The maximum absolute atomic E-state index is 6.51. The second-order valence-corrected chi connectivity index (χ2v) is 6.88. The Hall–Kier alpha value is -0.0400. The molecule has 1 aliphatic carbocycles. The molecule has 0 spiro atoms. The quantitative estimate of drug-likeness (QED) is 0.653. The Balaban J connectivity index is 2.64. The molecule has 1 fully saturated rings. The molecule has 2 unspecified atom stereocenters. The van der Waals surface area contributed by atoms with Crippen LogP contribution in [0.25, 0.3) is 0 Å². The number of hydrogen-bond acceptors (Lipinski definition) is 1. The van der Waals surface area contributed by atoms with Crippen LogP contribution >= 0.6 is 0 Å². The van der Waals surface area contributed by atoms with E-state index in [1.165, 1.54) is 32.1 Å². The highest BCUT2D eigenvalue weighted by molar-refractivity contribution is 4.92. The van der Waals surface area contributed by atoms with Crippen molar-refractivity contribution in [1.82, 2.24) is 0 Å². The van der Waals surface area contributed by atoms with E-state index in [4.69, 9.17) is 5.73 Å². The summed E-state index contributed by atoms with van der Waals surface area (Å²) < 4.78 is 0. The largest absolute Gasteiger partial charge is 0.325 e. The van der Waals surface area contributed by atoms with E-state index in [9.17, 15) is 0 Å². The molecule has 0 aliphatic heterocycles. The molecule has 2 N–H and O–H groups in total. The summed E-state index contributed by atoms with van der Waals surface area (Å²) in [6, 6.07) is 0. The Morgan fingerprint density at radius 3 is 2.20 bits per heavy atom. The van der Waals surface area contributed by atoms with Crippen LogP contribution in [0.4, 0.5) is 0 Å². The van der Waals surface area contributed by atoms with Gasteiger partial charge in [-0.05, 0) is 42.9 Å². The van der Waals surface area contributed by atoms with Gasteiger partial charge in [-0.2, -0.15) is 0 Å². The van der Waals surface area contributed by atoms with Crippen LogP contribution in [0.2, 0.25) is 0 Å². The fourth-order valence-electron chi connectivity index (χ4n) is 2.83. The van der Waals surface area contributed by atoms with Gasteiger partial charge < -0.3 is 5.73 Å². The van der Waals surface area contributed by atoms with Gasteiger partial charge in [0, 0.05) is 5.54 Å². The van der Waals surface area contributed by atoms with E-state index in [0.717, 1.165) is 5.92 Å². The monoisotopic (exact) mass is 211 g/mol. The highest BCUT2D eigenvalue weighted by atomic mass is 14.8. The topological polar surface area (TPSA) is 26.0 Å². The van der Waals surface area contributed by atoms with Crippen molar-refractivity contribution < 1.29 is 0 Å². The van der Waals surface area contributed by atoms with E-state index in [1.807, 2.05) is 0 Å². The fourth-order valence-corrected chi connectivity index (χ4v) is 2.83. The van der Waals surface area contributed by atoms with Crippen LogP contribution < -0.4 is 5.73 Å². The second-order valence-electron chi connectivity index (χ2n) is 6.88. The van der Waals surface area contributed by atoms with Gasteiger partial charge in [0.25, 0.3) is 0 Å². The smallest absolute Gasteiger partial charge is 0.0177 e. The highest BCUT2D eigenvalue weighted by Crippen LogP contribution is 2.40. The number of rotatable bonds is 1. The van der Waals surface area contributed by atoms with Crippen LogP contribution in [0.5, 0.6) is 0 Å². The Kier molecular flexibility index (Phi) is 3.86. The van der Waals surface area contributed by atoms with E-state index >= 15 is 0 Å². The minimum absolute atomic E-state index is 0.111. The Morgan fingerprint density at radius 2 is 1.73 bits per heavy atom. The van der Waals surface area contributed by atoms with E-state index in [-0.39, 0.29) is 5.54 Å². The summed E-state index contributed by atoms with van der Waals surface area (Å²) in [6.45, 7) is 11.7. The number of nitrogens with two attached hydrogens (primary N) is 1. The minimum Gasteiger partial charge on any atom is -0.325 e. The zero-order chi connectivity index (χ0) is 11.7. The molecule has 2 atom stereocenters. The SMILES string of the molecule is CC(C)C1(N)CCCC(C(C)(C)C)CC1. The Labute approximate surface area is 95.8 Å². The van der Waals surface area contributed by atoms with Gasteiger partial charge in [0.15, 0.2) is 0 Å². The van der Waals surface area contributed by atoms with Crippen molar-refractivity contribution in [3.63, 3.8) is 0 Å². The van der Waals surface area contributed by atoms with Crippen molar-refractivity contribution in [3.8, 4) is 0 Å². The highest BCUT2D eigenvalue weighted by Gasteiger charge is 2.35. The van der Waals surface area contributed by atoms with Crippen molar-refractivity contribution in [2.45, 2.75) is 72.3 Å². The van der Waals surface area contributed by atoms with Crippen LogP contribution in [-0.2, 0) is 0 Å². The molecular weight excluding hydrogens is 182 g/mol. The van der Waals surface area contributed by atoms with Crippen molar-refractivity contribution in [1.29, 1.82) is 0 Å². The molecule has 15 heavy (non-hydrogen) atoms. The summed E-state index contributed by atoms with van der Waals surface area (Å²) in [6.07, 6.45) is 6.44. The van der Waals surface area contributed by atoms with Crippen molar-refractivity contribution in [3.05, 3.63) is 0 Å². The zero-order valence-electron chi connectivity index (χ0n) is 11.3. The van der Waals surface area contributed by atoms with Gasteiger partial charge >= 0.3 is 0 Å². The standard InChI is InChI=1S/C14H29N/c1-11(2)14(15)9-6-7-12(8-10-14)13(3,4)5/h11-12H,6-10,15H2,1-5H3. The molecule has 0 aromatic rings. The summed E-state index contributed by atoms with van der Waals surface area (Å²) in [5.74, 6) is 1.48. The molecule has 0 aromatic heterocycles. The molecule has 0 saturated heterocycles. The molecule has 1 heteroatoms. The molecular formula is C14H29N. The average molecular weight is 211 g/mol. The average Bonchev–Trinajstić information content (AvgIpc) is 2.26.